The van der Waals surface area contributed by atoms with Crippen molar-refractivity contribution in [3.63, 3.8) is 0 Å². The molecule has 0 saturated heterocycles. The Labute approximate surface area is 171 Å². The highest BCUT2D eigenvalue weighted by Gasteiger charge is 2.48. The minimum atomic E-state index is -2.10. The van der Waals surface area contributed by atoms with Crippen LogP contribution >= 0.6 is 0 Å². The Morgan fingerprint density at radius 1 is 1.10 bits per heavy atom. The maximum atomic E-state index is 12.7. The van der Waals surface area contributed by atoms with Crippen LogP contribution in [-0.2, 0) is 0 Å². The van der Waals surface area contributed by atoms with E-state index in [2.05, 4.69) is 52.0 Å². The predicted molar refractivity (Wildman–Crippen MR) is 113 cm³/mol. The summed E-state index contributed by atoms with van der Waals surface area (Å²) in [7, 11) is -2.10. The molecule has 1 amide bonds. The molecule has 0 aliphatic heterocycles. The van der Waals surface area contributed by atoms with Crippen molar-refractivity contribution in [1.29, 1.82) is 5.26 Å². The Morgan fingerprint density at radius 2 is 1.69 bits per heavy atom. The van der Waals surface area contributed by atoms with Gasteiger partial charge in [-0.1, -0.05) is 46.7 Å². The fraction of sp³-hybridized carbons (Fsp3) is 0.429. The van der Waals surface area contributed by atoms with Crippen LogP contribution in [0.25, 0.3) is 0 Å². The summed E-state index contributed by atoms with van der Waals surface area (Å²) in [6.45, 7) is 13.1. The van der Waals surface area contributed by atoms with Gasteiger partial charge in [0, 0.05) is 6.07 Å². The molecule has 0 aliphatic carbocycles. The second kappa shape index (κ2) is 8.62. The molecule has 1 aromatic heterocycles. The van der Waals surface area contributed by atoms with E-state index in [1.165, 1.54) is 18.2 Å². The molecule has 2 rings (SSSR count). The van der Waals surface area contributed by atoms with Gasteiger partial charge in [-0.2, -0.15) is 5.26 Å². The van der Waals surface area contributed by atoms with E-state index in [9.17, 15) is 14.7 Å². The zero-order valence-electron chi connectivity index (χ0n) is 17.6. The summed E-state index contributed by atoms with van der Waals surface area (Å²) in [5.74, 6) is -1.78. The number of nitrogens with zero attached hydrogens (tertiary/aromatic N) is 2. The molecular weight excluding hydrogens is 386 g/mol. The average Bonchev–Trinajstić information content (AvgIpc) is 3.11. The summed E-state index contributed by atoms with van der Waals surface area (Å²) in [5.41, 5.74) is 1.43. The monoisotopic (exact) mass is 413 g/mol. The smallest absolute Gasteiger partial charge is 0.337 e. The fourth-order valence-corrected chi connectivity index (χ4v) is 10.8. The minimum Gasteiger partial charge on any atom is -0.478 e. The minimum absolute atomic E-state index is 0.103. The van der Waals surface area contributed by atoms with Crippen molar-refractivity contribution in [2.75, 3.05) is 5.32 Å². The van der Waals surface area contributed by atoms with Crippen LogP contribution in [0.1, 0.15) is 68.0 Å². The van der Waals surface area contributed by atoms with E-state index in [0.717, 1.165) is 5.38 Å². The van der Waals surface area contributed by atoms with E-state index >= 15 is 0 Å². The van der Waals surface area contributed by atoms with Crippen molar-refractivity contribution in [3.8, 4) is 6.07 Å². The van der Waals surface area contributed by atoms with E-state index in [1.807, 2.05) is 6.07 Å². The van der Waals surface area contributed by atoms with Gasteiger partial charge in [-0.25, -0.2) is 4.79 Å². The van der Waals surface area contributed by atoms with Crippen LogP contribution in [0, 0.1) is 11.3 Å². The molecule has 0 atom stereocenters. The lowest BCUT2D eigenvalue weighted by Gasteiger charge is -2.40. The van der Waals surface area contributed by atoms with Crippen molar-refractivity contribution >= 4 is 31.0 Å². The number of hydrogen-bond donors (Lipinski definition) is 2. The molecule has 0 fully saturated rings. The van der Waals surface area contributed by atoms with Gasteiger partial charge in [-0.05, 0) is 34.8 Å². The average molecular weight is 414 g/mol. The largest absolute Gasteiger partial charge is 0.478 e. The normalized spacial score (nSPS) is 11.7. The van der Waals surface area contributed by atoms with Gasteiger partial charge in [-0.3, -0.25) is 4.79 Å². The van der Waals surface area contributed by atoms with Gasteiger partial charge in [0.05, 0.1) is 22.9 Å². The first kappa shape index (κ1) is 22.4. The number of amides is 1. The van der Waals surface area contributed by atoms with Gasteiger partial charge < -0.3 is 14.9 Å². The topological polar surface area (TPSA) is 116 Å². The summed E-state index contributed by atoms with van der Waals surface area (Å²) in [4.78, 5) is 24.2. The highest BCUT2D eigenvalue weighted by Crippen LogP contribution is 2.41. The number of carboxylic acids is 1. The van der Waals surface area contributed by atoms with Crippen LogP contribution in [0.5, 0.6) is 0 Å². The summed E-state index contributed by atoms with van der Waals surface area (Å²) in [5, 5.41) is 25.7. The third-order valence-corrected chi connectivity index (χ3v) is 12.5. The molecule has 1 heterocycles. The molecule has 2 N–H and O–H groups in total. The highest BCUT2D eigenvalue weighted by atomic mass is 28.3. The number of benzene rings is 1. The fourth-order valence-electron chi connectivity index (χ4n) is 4.53. The van der Waals surface area contributed by atoms with Crippen molar-refractivity contribution in [2.24, 2.45) is 0 Å². The van der Waals surface area contributed by atoms with Gasteiger partial charge in [-0.15, -0.1) is 0 Å². The second-order valence-corrected chi connectivity index (χ2v) is 13.9. The van der Waals surface area contributed by atoms with Crippen LogP contribution < -0.4 is 10.7 Å². The Balaban J connectivity index is 2.40. The Bertz CT molecular complexity index is 935. The lowest BCUT2D eigenvalue weighted by molar-refractivity contribution is 0.0698. The number of nitrogens with one attached hydrogen (secondary N) is 1. The standard InChI is InChI=1S/C21H27N3O4Si/c1-12(2)29(13(3)4,14(5)6)19-10-18(24-28-19)20(25)23-17-8-7-15(11-22)9-16(17)21(26)27/h7-10,12-14H,1-6H3,(H,23,25)(H,26,27). The van der Waals surface area contributed by atoms with Crippen LogP contribution in [0.15, 0.2) is 28.8 Å². The summed E-state index contributed by atoms with van der Waals surface area (Å²) in [6, 6.07) is 7.66. The molecule has 7 nitrogen and oxygen atoms in total. The SMILES string of the molecule is CC(C)[Si](c1cc(C(=O)Nc2ccc(C#N)cc2C(=O)O)no1)(C(C)C)C(C)C. The van der Waals surface area contributed by atoms with E-state index in [1.54, 1.807) is 6.07 Å². The number of rotatable bonds is 7. The van der Waals surface area contributed by atoms with Crippen LogP contribution in [-0.4, -0.2) is 30.2 Å². The van der Waals surface area contributed by atoms with Crippen molar-refractivity contribution in [2.45, 2.75) is 58.2 Å². The van der Waals surface area contributed by atoms with E-state index in [4.69, 9.17) is 9.78 Å². The van der Waals surface area contributed by atoms with E-state index in [0.29, 0.717) is 16.6 Å². The van der Waals surface area contributed by atoms with Crippen molar-refractivity contribution in [3.05, 3.63) is 41.1 Å². The summed E-state index contributed by atoms with van der Waals surface area (Å²) >= 11 is 0. The molecule has 1 aromatic carbocycles. The van der Waals surface area contributed by atoms with Gasteiger partial charge in [0.25, 0.3) is 5.91 Å². The molecule has 154 valence electrons. The van der Waals surface area contributed by atoms with Crippen LogP contribution in [0.3, 0.4) is 0 Å². The molecule has 0 saturated carbocycles. The van der Waals surface area contributed by atoms with Gasteiger partial charge >= 0.3 is 5.97 Å². The van der Waals surface area contributed by atoms with Crippen molar-refractivity contribution < 1.29 is 19.2 Å². The molecule has 0 unspecified atom stereocenters. The third-order valence-electron chi connectivity index (χ3n) is 5.66. The quantitative estimate of drug-likeness (QED) is 0.651. The van der Waals surface area contributed by atoms with Crippen LogP contribution in [0.4, 0.5) is 5.69 Å². The number of nitriles is 1. The van der Waals surface area contributed by atoms with E-state index in [-0.39, 0.29) is 22.5 Å². The van der Waals surface area contributed by atoms with Gasteiger partial charge in [0.2, 0.25) is 0 Å². The van der Waals surface area contributed by atoms with Crippen molar-refractivity contribution in [1.82, 2.24) is 5.16 Å². The zero-order valence-corrected chi connectivity index (χ0v) is 18.6. The maximum Gasteiger partial charge on any atom is 0.337 e. The first-order valence-corrected chi connectivity index (χ1v) is 11.8. The molecule has 29 heavy (non-hydrogen) atoms. The first-order valence-electron chi connectivity index (χ1n) is 9.61. The number of aromatic nitrogens is 1. The number of hydrogen-bond acceptors (Lipinski definition) is 5. The Kier molecular flexibility index (Phi) is 6.64. The highest BCUT2D eigenvalue weighted by molar-refractivity contribution is 6.94. The lowest BCUT2D eigenvalue weighted by Crippen LogP contribution is -2.55. The third kappa shape index (κ3) is 4.10. The number of carbonyl (C=O) groups is 2. The molecule has 0 spiro atoms. The molecule has 0 aliphatic rings. The molecular formula is C21H27N3O4Si. The zero-order chi connectivity index (χ0) is 21.9. The Morgan fingerprint density at radius 3 is 2.17 bits per heavy atom. The van der Waals surface area contributed by atoms with Gasteiger partial charge in [0.1, 0.15) is 13.5 Å². The summed E-state index contributed by atoms with van der Waals surface area (Å²) < 4.78 is 5.68. The van der Waals surface area contributed by atoms with Gasteiger partial charge in [0.15, 0.2) is 5.69 Å². The number of anilines is 1. The molecule has 0 radical (unpaired) electrons. The number of aromatic carboxylic acids is 1. The van der Waals surface area contributed by atoms with E-state index < -0.39 is 20.0 Å². The molecule has 2 aromatic rings. The number of carboxylic acid groups (broad SMARTS) is 1. The Hall–Kier alpha value is -2.92. The maximum absolute atomic E-state index is 12.7. The first-order chi connectivity index (χ1) is 13.5. The molecule has 8 heteroatoms. The second-order valence-electron chi connectivity index (χ2n) is 8.10. The number of carbonyl (C=O) groups excluding carboxylic acids is 1. The predicted octanol–water partition coefficient (Wildman–Crippen LogP) is 4.38. The lowest BCUT2D eigenvalue weighted by atomic mass is 10.1. The van der Waals surface area contributed by atoms with Crippen LogP contribution in [0.2, 0.25) is 16.6 Å². The molecule has 0 bridgehead atoms. The summed E-state index contributed by atoms with van der Waals surface area (Å²) in [6.07, 6.45) is 0.